The molecule has 0 spiro atoms. The summed E-state index contributed by atoms with van der Waals surface area (Å²) in [6.45, 7) is 4.55. The van der Waals surface area contributed by atoms with E-state index < -0.39 is 10.0 Å². The molecule has 2 heterocycles. The van der Waals surface area contributed by atoms with Crippen molar-refractivity contribution in [3.63, 3.8) is 0 Å². The van der Waals surface area contributed by atoms with Gasteiger partial charge in [-0.05, 0) is 62.1 Å². The van der Waals surface area contributed by atoms with Gasteiger partial charge in [-0.3, -0.25) is 9.59 Å². The minimum atomic E-state index is -3.68. The van der Waals surface area contributed by atoms with Gasteiger partial charge >= 0.3 is 4.87 Å². The van der Waals surface area contributed by atoms with Crippen molar-refractivity contribution >= 4 is 43.2 Å². The molecule has 0 atom stereocenters. The van der Waals surface area contributed by atoms with E-state index in [1.165, 1.54) is 8.87 Å². The maximum Gasteiger partial charge on any atom is 0.307 e. The highest BCUT2D eigenvalue weighted by Gasteiger charge is 2.32. The third kappa shape index (κ3) is 4.05. The molecule has 1 aromatic heterocycles. The van der Waals surface area contributed by atoms with E-state index in [1.54, 1.807) is 25.2 Å². The molecule has 164 valence electrons. The number of fused-ring (bicyclic) bond motifs is 1. The minimum Gasteiger partial charge on any atom is -0.326 e. The molecule has 2 aromatic carbocycles. The van der Waals surface area contributed by atoms with Crippen LogP contribution in [0.4, 0.5) is 5.69 Å². The van der Waals surface area contributed by atoms with E-state index in [4.69, 9.17) is 0 Å². The van der Waals surface area contributed by atoms with Crippen LogP contribution >= 0.6 is 11.3 Å². The smallest absolute Gasteiger partial charge is 0.307 e. The van der Waals surface area contributed by atoms with Crippen molar-refractivity contribution in [2.45, 2.75) is 31.6 Å². The zero-order chi connectivity index (χ0) is 22.3. The number of nitrogens with zero attached hydrogens (tertiary/aromatic N) is 2. The lowest BCUT2D eigenvalue weighted by molar-refractivity contribution is -0.120. The van der Waals surface area contributed by atoms with Gasteiger partial charge in [-0.2, -0.15) is 4.31 Å². The number of sulfonamides is 1. The van der Waals surface area contributed by atoms with Gasteiger partial charge in [0.2, 0.25) is 15.9 Å². The molecule has 1 aliphatic heterocycles. The van der Waals surface area contributed by atoms with Crippen LogP contribution in [0.1, 0.15) is 24.0 Å². The summed E-state index contributed by atoms with van der Waals surface area (Å²) in [5.41, 5.74) is 3.67. The van der Waals surface area contributed by atoms with Crippen molar-refractivity contribution in [3.05, 3.63) is 57.2 Å². The molecule has 0 radical (unpaired) electrons. The third-order valence-corrected chi connectivity index (χ3v) is 8.98. The summed E-state index contributed by atoms with van der Waals surface area (Å²) in [6.07, 6.45) is 0.938. The predicted octanol–water partition coefficient (Wildman–Crippen LogP) is 3.26. The second-order valence-electron chi connectivity index (χ2n) is 7.97. The molecule has 4 rings (SSSR count). The molecule has 1 aliphatic rings. The Bertz CT molecular complexity index is 1320. The van der Waals surface area contributed by atoms with Crippen molar-refractivity contribution in [3.8, 4) is 0 Å². The van der Waals surface area contributed by atoms with Gasteiger partial charge in [0.15, 0.2) is 0 Å². The lowest BCUT2D eigenvalue weighted by Crippen LogP contribution is -2.41. The normalized spacial score (nSPS) is 16.0. The number of hydrogen-bond donors (Lipinski definition) is 1. The Morgan fingerprint density at radius 2 is 1.84 bits per heavy atom. The predicted molar refractivity (Wildman–Crippen MR) is 123 cm³/mol. The van der Waals surface area contributed by atoms with E-state index >= 15 is 0 Å². The standard InChI is InChI=1S/C22H25N3O4S2/c1-14-5-4-6-18(15(14)2)23-21(26)16-9-11-25(12-10-16)31(28,29)17-7-8-19-20(13-17)30-22(27)24(19)3/h4-8,13,16H,9-12H2,1-3H3,(H,23,26). The van der Waals surface area contributed by atoms with Crippen molar-refractivity contribution in [2.24, 2.45) is 13.0 Å². The number of anilines is 1. The Hall–Kier alpha value is -2.49. The van der Waals surface area contributed by atoms with Gasteiger partial charge in [-0.25, -0.2) is 8.42 Å². The zero-order valence-corrected chi connectivity index (χ0v) is 19.3. The first kappa shape index (κ1) is 21.7. The Balaban J connectivity index is 1.46. The number of piperidine rings is 1. The van der Waals surface area contributed by atoms with Crippen LogP contribution in [0.3, 0.4) is 0 Å². The second kappa shape index (κ2) is 8.22. The SMILES string of the molecule is Cc1cccc(NC(=O)C2CCN(S(=O)(=O)c3ccc4c(c3)sc(=O)n4C)CC2)c1C. The summed E-state index contributed by atoms with van der Waals surface area (Å²) in [5, 5.41) is 3.00. The van der Waals surface area contributed by atoms with Crippen molar-refractivity contribution < 1.29 is 13.2 Å². The minimum absolute atomic E-state index is 0.0683. The number of carbonyl (C=O) groups excluding carboxylic acids is 1. The zero-order valence-electron chi connectivity index (χ0n) is 17.7. The molecule has 31 heavy (non-hydrogen) atoms. The highest BCUT2D eigenvalue weighted by molar-refractivity contribution is 7.89. The topological polar surface area (TPSA) is 88.5 Å². The lowest BCUT2D eigenvalue weighted by Gasteiger charge is -2.30. The van der Waals surface area contributed by atoms with Gasteiger partial charge in [0.25, 0.3) is 0 Å². The summed E-state index contributed by atoms with van der Waals surface area (Å²) >= 11 is 1.03. The first-order valence-electron chi connectivity index (χ1n) is 10.2. The van der Waals surface area contributed by atoms with E-state index in [0.29, 0.717) is 17.5 Å². The van der Waals surface area contributed by atoms with E-state index in [1.807, 2.05) is 32.0 Å². The second-order valence-corrected chi connectivity index (χ2v) is 10.9. The quantitative estimate of drug-likeness (QED) is 0.649. The van der Waals surface area contributed by atoms with E-state index in [2.05, 4.69) is 5.32 Å². The molecule has 1 amide bonds. The van der Waals surface area contributed by atoms with Crippen LogP contribution in [-0.4, -0.2) is 36.3 Å². The number of amides is 1. The van der Waals surface area contributed by atoms with Crippen LogP contribution in [0.5, 0.6) is 0 Å². The number of hydrogen-bond acceptors (Lipinski definition) is 5. The molecule has 0 bridgehead atoms. The Kier molecular flexibility index (Phi) is 5.76. The van der Waals surface area contributed by atoms with Crippen LogP contribution in [0.15, 0.2) is 46.1 Å². The average molecular weight is 460 g/mol. The van der Waals surface area contributed by atoms with Gasteiger partial charge in [-0.1, -0.05) is 23.5 Å². The maximum absolute atomic E-state index is 13.1. The van der Waals surface area contributed by atoms with Gasteiger partial charge < -0.3 is 9.88 Å². The lowest BCUT2D eigenvalue weighted by atomic mass is 9.97. The van der Waals surface area contributed by atoms with Crippen molar-refractivity contribution in [1.29, 1.82) is 0 Å². The summed E-state index contributed by atoms with van der Waals surface area (Å²) in [5.74, 6) is -0.297. The molecule has 1 fully saturated rings. The van der Waals surface area contributed by atoms with Crippen LogP contribution < -0.4 is 10.2 Å². The van der Waals surface area contributed by atoms with E-state index in [9.17, 15) is 18.0 Å². The Morgan fingerprint density at radius 1 is 1.13 bits per heavy atom. The summed E-state index contributed by atoms with van der Waals surface area (Å²) in [7, 11) is -2.01. The van der Waals surface area contributed by atoms with Gasteiger partial charge in [0, 0.05) is 31.7 Å². The largest absolute Gasteiger partial charge is 0.326 e. The molecule has 3 aromatic rings. The highest BCUT2D eigenvalue weighted by atomic mass is 32.2. The number of nitrogens with one attached hydrogen (secondary N) is 1. The first-order valence-corrected chi connectivity index (χ1v) is 12.4. The van der Waals surface area contributed by atoms with Gasteiger partial charge in [0.05, 0.1) is 15.1 Å². The third-order valence-electron chi connectivity index (χ3n) is 6.09. The Morgan fingerprint density at radius 3 is 2.55 bits per heavy atom. The fourth-order valence-electron chi connectivity index (χ4n) is 3.90. The first-order chi connectivity index (χ1) is 14.7. The maximum atomic E-state index is 13.1. The number of thiazole rings is 1. The van der Waals surface area contributed by atoms with Crippen LogP contribution in [0.25, 0.3) is 10.2 Å². The van der Waals surface area contributed by atoms with Crippen LogP contribution in [-0.2, 0) is 21.9 Å². The highest BCUT2D eigenvalue weighted by Crippen LogP contribution is 2.28. The monoisotopic (exact) mass is 459 g/mol. The average Bonchev–Trinajstić information content (AvgIpc) is 3.04. The molecule has 0 saturated carbocycles. The number of aryl methyl sites for hydroxylation is 2. The van der Waals surface area contributed by atoms with Crippen molar-refractivity contribution in [2.75, 3.05) is 18.4 Å². The molecule has 7 nitrogen and oxygen atoms in total. The number of carbonyl (C=O) groups is 1. The summed E-state index contributed by atoms with van der Waals surface area (Å²) in [6, 6.07) is 10.6. The molecule has 9 heteroatoms. The molecule has 1 N–H and O–H groups in total. The number of aromatic nitrogens is 1. The van der Waals surface area contributed by atoms with Gasteiger partial charge in [-0.15, -0.1) is 0 Å². The fraction of sp³-hybridized carbons (Fsp3) is 0.364. The molecule has 0 unspecified atom stereocenters. The Labute approximate surface area is 185 Å². The van der Waals surface area contributed by atoms with Crippen molar-refractivity contribution in [1.82, 2.24) is 8.87 Å². The van der Waals surface area contributed by atoms with Gasteiger partial charge in [0.1, 0.15) is 0 Å². The molecule has 1 saturated heterocycles. The van der Waals surface area contributed by atoms with Crippen LogP contribution in [0.2, 0.25) is 0 Å². The molecule has 0 aliphatic carbocycles. The summed E-state index contributed by atoms with van der Waals surface area (Å²) in [4.78, 5) is 24.6. The number of benzene rings is 2. The molecular weight excluding hydrogens is 434 g/mol. The number of rotatable bonds is 4. The fourth-order valence-corrected chi connectivity index (χ4v) is 6.39. The van der Waals surface area contributed by atoms with E-state index in [0.717, 1.165) is 33.7 Å². The van der Waals surface area contributed by atoms with Crippen LogP contribution in [0, 0.1) is 19.8 Å². The molecular formula is C22H25N3O4S2. The summed E-state index contributed by atoms with van der Waals surface area (Å²) < 4.78 is 29.8. The van der Waals surface area contributed by atoms with E-state index in [-0.39, 0.29) is 34.7 Å².